The first kappa shape index (κ1) is 17.2. The van der Waals surface area contributed by atoms with Gasteiger partial charge in [0, 0.05) is 51.1 Å². The highest BCUT2D eigenvalue weighted by Gasteiger charge is 2.22. The lowest BCUT2D eigenvalue weighted by atomic mass is 10.1. The third-order valence-electron chi connectivity index (χ3n) is 4.87. The molecule has 24 heavy (non-hydrogen) atoms. The zero-order valence-electron chi connectivity index (χ0n) is 14.6. The summed E-state index contributed by atoms with van der Waals surface area (Å²) in [6.45, 7) is 7.99. The number of carbonyl (C=O) groups is 1. The maximum Gasteiger partial charge on any atom is 0.222 e. The van der Waals surface area contributed by atoms with Gasteiger partial charge in [-0.3, -0.25) is 9.69 Å². The van der Waals surface area contributed by atoms with Crippen LogP contribution in [0.4, 0.5) is 5.69 Å². The van der Waals surface area contributed by atoms with Crippen LogP contribution in [0.1, 0.15) is 26.2 Å². The Labute approximate surface area is 145 Å². The van der Waals surface area contributed by atoms with Crippen LogP contribution in [-0.4, -0.2) is 62.3 Å². The molecule has 1 N–H and O–H groups in total. The summed E-state index contributed by atoms with van der Waals surface area (Å²) >= 11 is 0. The SMILES string of the molecule is C[C@H](CN1CCN(c2ccccc2)CC1)NC(=O)C[C@H]1CCCO1. The van der Waals surface area contributed by atoms with Crippen LogP contribution in [0.3, 0.4) is 0 Å². The van der Waals surface area contributed by atoms with Gasteiger partial charge in [-0.25, -0.2) is 0 Å². The van der Waals surface area contributed by atoms with Crippen LogP contribution in [0, 0.1) is 0 Å². The summed E-state index contributed by atoms with van der Waals surface area (Å²) in [5.74, 6) is 0.123. The summed E-state index contributed by atoms with van der Waals surface area (Å²) in [6.07, 6.45) is 2.74. The van der Waals surface area contributed by atoms with E-state index in [9.17, 15) is 4.79 Å². The third-order valence-corrected chi connectivity index (χ3v) is 4.87. The number of nitrogens with zero attached hydrogens (tertiary/aromatic N) is 2. The standard InChI is InChI=1S/C19H29N3O2/c1-16(20-19(23)14-18-8-5-13-24-18)15-21-9-11-22(12-10-21)17-6-3-2-4-7-17/h2-4,6-7,16,18H,5,8-15H2,1H3,(H,20,23)/t16-,18-/m1/s1. The molecule has 0 aromatic heterocycles. The van der Waals surface area contributed by atoms with E-state index in [0.717, 1.165) is 52.2 Å². The maximum atomic E-state index is 12.1. The van der Waals surface area contributed by atoms with Crippen LogP contribution < -0.4 is 10.2 Å². The fraction of sp³-hybridized carbons (Fsp3) is 0.632. The number of hydrogen-bond acceptors (Lipinski definition) is 4. The molecule has 1 aromatic rings. The summed E-state index contributed by atoms with van der Waals surface area (Å²) in [5, 5.41) is 3.12. The normalized spacial score (nSPS) is 23.2. The number of nitrogens with one attached hydrogen (secondary N) is 1. The monoisotopic (exact) mass is 331 g/mol. The molecule has 2 atom stereocenters. The second-order valence-electron chi connectivity index (χ2n) is 6.93. The molecule has 2 aliphatic heterocycles. The Morgan fingerprint density at radius 1 is 1.25 bits per heavy atom. The molecule has 3 rings (SSSR count). The van der Waals surface area contributed by atoms with Crippen molar-refractivity contribution in [2.75, 3.05) is 44.2 Å². The van der Waals surface area contributed by atoms with E-state index in [1.165, 1.54) is 5.69 Å². The Morgan fingerprint density at radius 3 is 2.67 bits per heavy atom. The first-order valence-electron chi connectivity index (χ1n) is 9.14. The van der Waals surface area contributed by atoms with Crippen LogP contribution in [0.5, 0.6) is 0 Å². The van der Waals surface area contributed by atoms with E-state index in [1.54, 1.807) is 0 Å². The van der Waals surface area contributed by atoms with Gasteiger partial charge in [-0.15, -0.1) is 0 Å². The van der Waals surface area contributed by atoms with Gasteiger partial charge in [0.25, 0.3) is 0 Å². The topological polar surface area (TPSA) is 44.8 Å². The molecule has 0 saturated carbocycles. The predicted molar refractivity (Wildman–Crippen MR) is 96.3 cm³/mol. The Bertz CT molecular complexity index is 509. The molecule has 2 heterocycles. The second kappa shape index (κ2) is 8.49. The highest BCUT2D eigenvalue weighted by atomic mass is 16.5. The van der Waals surface area contributed by atoms with Crippen molar-refractivity contribution in [1.29, 1.82) is 0 Å². The minimum absolute atomic E-state index is 0.123. The van der Waals surface area contributed by atoms with Crippen LogP contribution in [0.15, 0.2) is 30.3 Å². The van der Waals surface area contributed by atoms with Gasteiger partial charge >= 0.3 is 0 Å². The Morgan fingerprint density at radius 2 is 2.00 bits per heavy atom. The van der Waals surface area contributed by atoms with Crippen LogP contribution >= 0.6 is 0 Å². The highest BCUT2D eigenvalue weighted by Crippen LogP contribution is 2.16. The number of piperazine rings is 1. The summed E-state index contributed by atoms with van der Waals surface area (Å²) < 4.78 is 5.53. The number of carbonyl (C=O) groups excluding carboxylic acids is 1. The van der Waals surface area contributed by atoms with E-state index in [4.69, 9.17) is 4.74 Å². The lowest BCUT2D eigenvalue weighted by Gasteiger charge is -2.37. The molecule has 5 heteroatoms. The average Bonchev–Trinajstić information content (AvgIpc) is 3.09. The van der Waals surface area contributed by atoms with Crippen molar-refractivity contribution in [2.45, 2.75) is 38.3 Å². The first-order chi connectivity index (χ1) is 11.7. The van der Waals surface area contributed by atoms with Crippen molar-refractivity contribution < 1.29 is 9.53 Å². The molecule has 0 unspecified atom stereocenters. The second-order valence-corrected chi connectivity index (χ2v) is 6.93. The predicted octanol–water partition coefficient (Wildman–Crippen LogP) is 1.88. The Kier molecular flexibility index (Phi) is 6.10. The highest BCUT2D eigenvalue weighted by molar-refractivity contribution is 5.76. The van der Waals surface area contributed by atoms with E-state index in [-0.39, 0.29) is 18.1 Å². The largest absolute Gasteiger partial charge is 0.378 e. The first-order valence-corrected chi connectivity index (χ1v) is 9.14. The summed E-state index contributed by atoms with van der Waals surface area (Å²) in [7, 11) is 0. The van der Waals surface area contributed by atoms with Crippen molar-refractivity contribution in [1.82, 2.24) is 10.2 Å². The van der Waals surface area contributed by atoms with Gasteiger partial charge in [-0.05, 0) is 31.9 Å². The zero-order valence-corrected chi connectivity index (χ0v) is 14.6. The van der Waals surface area contributed by atoms with E-state index in [0.29, 0.717) is 6.42 Å². The van der Waals surface area contributed by atoms with Crippen LogP contribution in [0.2, 0.25) is 0 Å². The summed E-state index contributed by atoms with van der Waals surface area (Å²) in [6, 6.07) is 10.8. The molecule has 2 fully saturated rings. The molecule has 1 aromatic carbocycles. The maximum absolute atomic E-state index is 12.1. The summed E-state index contributed by atoms with van der Waals surface area (Å²) in [5.41, 5.74) is 1.30. The van der Waals surface area contributed by atoms with E-state index in [2.05, 4.69) is 52.4 Å². The van der Waals surface area contributed by atoms with Crippen LogP contribution in [-0.2, 0) is 9.53 Å². The van der Waals surface area contributed by atoms with Gasteiger partial charge in [0.1, 0.15) is 0 Å². The molecule has 0 radical (unpaired) electrons. The number of benzene rings is 1. The summed E-state index contributed by atoms with van der Waals surface area (Å²) in [4.78, 5) is 16.9. The lowest BCUT2D eigenvalue weighted by molar-refractivity contribution is -0.123. The van der Waals surface area contributed by atoms with E-state index < -0.39 is 0 Å². The van der Waals surface area contributed by atoms with Crippen molar-refractivity contribution in [3.63, 3.8) is 0 Å². The molecule has 1 amide bonds. The molecule has 2 saturated heterocycles. The number of amides is 1. The Balaban J connectivity index is 1.36. The molecule has 2 aliphatic rings. The number of ether oxygens (including phenoxy) is 1. The molecular weight excluding hydrogens is 302 g/mol. The number of para-hydroxylation sites is 1. The molecule has 5 nitrogen and oxygen atoms in total. The minimum atomic E-state index is 0.123. The molecule has 0 spiro atoms. The Hall–Kier alpha value is -1.59. The van der Waals surface area contributed by atoms with Crippen molar-refractivity contribution in [3.8, 4) is 0 Å². The lowest BCUT2D eigenvalue weighted by Crippen LogP contribution is -2.51. The van der Waals surface area contributed by atoms with Crippen molar-refractivity contribution in [3.05, 3.63) is 30.3 Å². The third kappa shape index (κ3) is 4.95. The molecule has 0 bridgehead atoms. The molecule has 132 valence electrons. The minimum Gasteiger partial charge on any atom is -0.378 e. The quantitative estimate of drug-likeness (QED) is 0.864. The van der Waals surface area contributed by atoms with Gasteiger partial charge < -0.3 is 15.0 Å². The van der Waals surface area contributed by atoms with E-state index in [1.807, 2.05) is 0 Å². The zero-order chi connectivity index (χ0) is 16.8. The van der Waals surface area contributed by atoms with Crippen molar-refractivity contribution >= 4 is 11.6 Å². The van der Waals surface area contributed by atoms with Gasteiger partial charge in [-0.2, -0.15) is 0 Å². The van der Waals surface area contributed by atoms with Gasteiger partial charge in [-0.1, -0.05) is 18.2 Å². The number of rotatable bonds is 6. The smallest absolute Gasteiger partial charge is 0.222 e. The van der Waals surface area contributed by atoms with Gasteiger partial charge in [0.05, 0.1) is 12.5 Å². The molecular formula is C19H29N3O2. The van der Waals surface area contributed by atoms with Gasteiger partial charge in [0.2, 0.25) is 5.91 Å². The molecule has 0 aliphatic carbocycles. The number of hydrogen-bond donors (Lipinski definition) is 1. The van der Waals surface area contributed by atoms with Crippen LogP contribution in [0.25, 0.3) is 0 Å². The van der Waals surface area contributed by atoms with E-state index >= 15 is 0 Å². The van der Waals surface area contributed by atoms with Crippen molar-refractivity contribution in [2.24, 2.45) is 0 Å². The number of anilines is 1. The fourth-order valence-corrected chi connectivity index (χ4v) is 3.61. The fourth-order valence-electron chi connectivity index (χ4n) is 3.61. The van der Waals surface area contributed by atoms with Gasteiger partial charge in [0.15, 0.2) is 0 Å². The average molecular weight is 331 g/mol.